The maximum atomic E-state index is 12.0. The lowest BCUT2D eigenvalue weighted by Gasteiger charge is -2.32. The molecule has 17 heavy (non-hydrogen) atoms. The molecule has 4 heteroatoms. The third kappa shape index (κ3) is 1.50. The van der Waals surface area contributed by atoms with Crippen molar-refractivity contribution >= 4 is 11.9 Å². The lowest BCUT2D eigenvalue weighted by atomic mass is 9.83. The number of carbonyl (C=O) groups is 2. The topological polar surface area (TPSA) is 52.6 Å². The van der Waals surface area contributed by atoms with E-state index in [0.29, 0.717) is 12.8 Å². The quantitative estimate of drug-likeness (QED) is 0.427. The van der Waals surface area contributed by atoms with Crippen molar-refractivity contribution < 1.29 is 19.1 Å². The van der Waals surface area contributed by atoms with Crippen molar-refractivity contribution in [2.45, 2.75) is 39.2 Å². The van der Waals surface area contributed by atoms with E-state index in [9.17, 15) is 9.59 Å². The van der Waals surface area contributed by atoms with E-state index in [0.717, 1.165) is 5.57 Å². The minimum absolute atomic E-state index is 0.0459. The summed E-state index contributed by atoms with van der Waals surface area (Å²) in [5, 5.41) is 0. The summed E-state index contributed by atoms with van der Waals surface area (Å²) < 4.78 is 10.4. The first-order chi connectivity index (χ1) is 7.85. The van der Waals surface area contributed by atoms with Crippen LogP contribution in [0, 0.1) is 11.3 Å². The second-order valence-corrected chi connectivity index (χ2v) is 5.28. The Morgan fingerprint density at radius 1 is 1.65 bits per heavy atom. The zero-order chi connectivity index (χ0) is 12.8. The Balaban J connectivity index is 2.34. The van der Waals surface area contributed by atoms with Gasteiger partial charge in [0.05, 0.1) is 6.61 Å². The molecular formula is C13H18O4. The van der Waals surface area contributed by atoms with Crippen LogP contribution in [0.2, 0.25) is 0 Å². The van der Waals surface area contributed by atoms with E-state index in [1.165, 1.54) is 0 Å². The van der Waals surface area contributed by atoms with E-state index in [1.807, 2.05) is 13.8 Å². The average molecular weight is 238 g/mol. The van der Waals surface area contributed by atoms with Gasteiger partial charge in [-0.2, -0.15) is 0 Å². The van der Waals surface area contributed by atoms with E-state index in [2.05, 4.69) is 6.58 Å². The molecule has 0 aromatic rings. The summed E-state index contributed by atoms with van der Waals surface area (Å²) in [6, 6.07) is 0. The zero-order valence-corrected chi connectivity index (χ0v) is 10.5. The van der Waals surface area contributed by atoms with Gasteiger partial charge in [0.25, 0.3) is 0 Å². The summed E-state index contributed by atoms with van der Waals surface area (Å²) in [4.78, 5) is 23.9. The lowest BCUT2D eigenvalue weighted by molar-refractivity contribution is -0.173. The van der Waals surface area contributed by atoms with Crippen molar-refractivity contribution in [1.82, 2.24) is 0 Å². The molecule has 0 unspecified atom stereocenters. The van der Waals surface area contributed by atoms with Gasteiger partial charge in [0.15, 0.2) is 5.41 Å². The Morgan fingerprint density at radius 2 is 2.29 bits per heavy atom. The smallest absolute Gasteiger partial charge is 0.324 e. The number of carbonyl (C=O) groups excluding carboxylic acids is 2. The van der Waals surface area contributed by atoms with Crippen LogP contribution in [0.25, 0.3) is 0 Å². The van der Waals surface area contributed by atoms with Gasteiger partial charge in [-0.1, -0.05) is 12.2 Å². The molecule has 0 N–H and O–H groups in total. The van der Waals surface area contributed by atoms with E-state index >= 15 is 0 Å². The summed E-state index contributed by atoms with van der Waals surface area (Å²) in [6.07, 6.45) is 0.881. The molecule has 1 aliphatic heterocycles. The molecule has 0 aromatic heterocycles. The molecule has 0 radical (unpaired) electrons. The Labute approximate surface area is 101 Å². The van der Waals surface area contributed by atoms with Gasteiger partial charge in [0.1, 0.15) is 5.60 Å². The van der Waals surface area contributed by atoms with E-state index in [-0.39, 0.29) is 12.5 Å². The molecule has 1 aliphatic carbocycles. The molecule has 0 aromatic carbocycles. The van der Waals surface area contributed by atoms with Gasteiger partial charge in [-0.25, -0.2) is 0 Å². The van der Waals surface area contributed by atoms with Crippen LogP contribution in [-0.4, -0.2) is 24.1 Å². The molecule has 1 saturated heterocycles. The fourth-order valence-corrected chi connectivity index (χ4v) is 3.13. The number of ether oxygens (including phenoxy) is 2. The van der Waals surface area contributed by atoms with Gasteiger partial charge in [-0.15, -0.1) is 0 Å². The van der Waals surface area contributed by atoms with Crippen LogP contribution in [0.4, 0.5) is 0 Å². The van der Waals surface area contributed by atoms with Crippen LogP contribution in [0.15, 0.2) is 12.2 Å². The number of esters is 2. The second kappa shape index (κ2) is 3.59. The van der Waals surface area contributed by atoms with Crippen LogP contribution in [0.3, 0.4) is 0 Å². The molecule has 2 fully saturated rings. The highest BCUT2D eigenvalue weighted by Crippen LogP contribution is 2.59. The predicted octanol–water partition coefficient (Wildman–Crippen LogP) is 1.84. The molecule has 1 saturated carbocycles. The fourth-order valence-electron chi connectivity index (χ4n) is 3.13. The minimum Gasteiger partial charge on any atom is -0.465 e. The maximum Gasteiger partial charge on any atom is 0.324 e. The number of hydrogen-bond acceptors (Lipinski definition) is 4. The van der Waals surface area contributed by atoms with Crippen LogP contribution < -0.4 is 0 Å². The molecular weight excluding hydrogens is 220 g/mol. The van der Waals surface area contributed by atoms with E-state index in [4.69, 9.17) is 9.47 Å². The third-order valence-corrected chi connectivity index (χ3v) is 3.92. The molecule has 2 aliphatic rings. The highest BCUT2D eigenvalue weighted by molar-refractivity contribution is 6.02. The third-order valence-electron chi connectivity index (χ3n) is 3.92. The van der Waals surface area contributed by atoms with Crippen LogP contribution in [0.1, 0.15) is 33.6 Å². The predicted molar refractivity (Wildman–Crippen MR) is 61.1 cm³/mol. The van der Waals surface area contributed by atoms with Crippen molar-refractivity contribution in [2.24, 2.45) is 11.3 Å². The molecule has 4 nitrogen and oxygen atoms in total. The zero-order valence-electron chi connectivity index (χ0n) is 10.5. The normalized spacial score (nSPS) is 39.0. The summed E-state index contributed by atoms with van der Waals surface area (Å²) >= 11 is 0. The Kier molecular flexibility index (Phi) is 2.56. The molecule has 3 atom stereocenters. The Hall–Kier alpha value is -1.32. The van der Waals surface area contributed by atoms with Crippen LogP contribution >= 0.6 is 0 Å². The maximum absolute atomic E-state index is 12.0. The Morgan fingerprint density at radius 3 is 2.82 bits per heavy atom. The monoisotopic (exact) mass is 238 g/mol. The van der Waals surface area contributed by atoms with Gasteiger partial charge in [-0.05, 0) is 27.2 Å². The van der Waals surface area contributed by atoms with E-state index < -0.39 is 23.0 Å². The molecule has 2 bridgehead atoms. The lowest BCUT2D eigenvalue weighted by Crippen LogP contribution is -2.41. The first kappa shape index (κ1) is 12.1. The molecule has 2 rings (SSSR count). The highest BCUT2D eigenvalue weighted by Gasteiger charge is 2.69. The largest absolute Gasteiger partial charge is 0.465 e. The minimum atomic E-state index is -1.09. The van der Waals surface area contributed by atoms with Crippen molar-refractivity contribution in [3.63, 3.8) is 0 Å². The summed E-state index contributed by atoms with van der Waals surface area (Å²) in [6.45, 7) is 9.71. The van der Waals surface area contributed by atoms with E-state index in [1.54, 1.807) is 6.92 Å². The molecule has 94 valence electrons. The number of fused-ring (bicyclic) bond motifs is 2. The summed E-state index contributed by atoms with van der Waals surface area (Å²) in [5.41, 5.74) is -0.726. The average Bonchev–Trinajstić information content (AvgIpc) is 2.66. The number of rotatable bonds is 3. The van der Waals surface area contributed by atoms with Crippen molar-refractivity contribution in [2.75, 3.05) is 6.61 Å². The number of hydrogen-bond donors (Lipinski definition) is 0. The molecule has 0 spiro atoms. The first-order valence-corrected chi connectivity index (χ1v) is 5.92. The summed E-state index contributed by atoms with van der Waals surface area (Å²) in [5.74, 6) is -0.835. The Bertz CT molecular complexity index is 400. The van der Waals surface area contributed by atoms with Crippen molar-refractivity contribution in [3.05, 3.63) is 12.2 Å². The SMILES string of the molecule is C=C(C)[C@H]1C[C@]2(C(=O)OCC)C[C@@]1(C)OC2=O. The standard InChI is InChI=1S/C13H18O4/c1-5-16-10(14)13-6-9(8(2)3)12(4,7-13)17-11(13)15/h9H,2,5-7H2,1,3-4H3/t9-,12-,13-/m1/s1. The van der Waals surface area contributed by atoms with Gasteiger partial charge >= 0.3 is 11.9 Å². The molecule has 0 amide bonds. The first-order valence-electron chi connectivity index (χ1n) is 5.92. The highest BCUT2D eigenvalue weighted by atomic mass is 16.6. The van der Waals surface area contributed by atoms with Gasteiger partial charge < -0.3 is 9.47 Å². The van der Waals surface area contributed by atoms with Gasteiger partial charge in [0.2, 0.25) is 0 Å². The van der Waals surface area contributed by atoms with Gasteiger partial charge in [-0.3, -0.25) is 9.59 Å². The van der Waals surface area contributed by atoms with Crippen LogP contribution in [-0.2, 0) is 19.1 Å². The molecule has 1 heterocycles. The summed E-state index contributed by atoms with van der Waals surface area (Å²) in [7, 11) is 0. The fraction of sp³-hybridized carbons (Fsp3) is 0.692. The second-order valence-electron chi connectivity index (χ2n) is 5.28. The van der Waals surface area contributed by atoms with Crippen molar-refractivity contribution in [1.29, 1.82) is 0 Å². The van der Waals surface area contributed by atoms with Crippen LogP contribution in [0.5, 0.6) is 0 Å². The van der Waals surface area contributed by atoms with Gasteiger partial charge in [0, 0.05) is 12.3 Å². The van der Waals surface area contributed by atoms with Crippen molar-refractivity contribution in [3.8, 4) is 0 Å².